The van der Waals surface area contributed by atoms with E-state index >= 15 is 0 Å². The third kappa shape index (κ3) is 3.34. The van der Waals surface area contributed by atoms with Crippen molar-refractivity contribution >= 4 is 11.7 Å². The molecule has 4 nitrogen and oxygen atoms in total. The number of carbonyl (C=O) groups excluding carboxylic acids is 1. The Morgan fingerprint density at radius 2 is 2.27 bits per heavy atom. The Morgan fingerprint density at radius 1 is 1.53 bits per heavy atom. The van der Waals surface area contributed by atoms with Gasteiger partial charge >= 0.3 is 5.97 Å². The maximum absolute atomic E-state index is 11.0. The summed E-state index contributed by atoms with van der Waals surface area (Å²) < 4.78 is 4.63. The second kappa shape index (κ2) is 5.05. The summed E-state index contributed by atoms with van der Waals surface area (Å²) in [5.74, 6) is -0.820. The van der Waals surface area contributed by atoms with Crippen molar-refractivity contribution in [3.63, 3.8) is 0 Å². The number of aromatic hydroxyl groups is 1. The number of aliphatic hydroxyl groups is 1. The van der Waals surface area contributed by atoms with E-state index in [1.54, 1.807) is 19.1 Å². The molecule has 0 heterocycles. The fraction of sp³-hybridized carbons (Fsp3) is 0.182. The highest BCUT2D eigenvalue weighted by Crippen LogP contribution is 2.16. The molecule has 0 radical (unpaired) electrons. The summed E-state index contributed by atoms with van der Waals surface area (Å²) in [7, 11) is 0. The van der Waals surface area contributed by atoms with Crippen LogP contribution in [0.25, 0.3) is 5.76 Å². The molecule has 0 aromatic heterocycles. The van der Waals surface area contributed by atoms with E-state index < -0.39 is 5.97 Å². The van der Waals surface area contributed by atoms with Gasteiger partial charge in [-0.2, -0.15) is 0 Å². The van der Waals surface area contributed by atoms with Crippen LogP contribution in [0.2, 0.25) is 0 Å². The number of esters is 1. The number of hydrogen-bond acceptors (Lipinski definition) is 4. The first kappa shape index (κ1) is 11.1. The van der Waals surface area contributed by atoms with Gasteiger partial charge in [0.05, 0.1) is 12.7 Å². The second-order valence-electron chi connectivity index (χ2n) is 2.83. The lowest BCUT2D eigenvalue weighted by atomic mass is 10.2. The van der Waals surface area contributed by atoms with Crippen molar-refractivity contribution in [2.45, 2.75) is 6.92 Å². The fourth-order valence-electron chi connectivity index (χ4n) is 1.04. The lowest BCUT2D eigenvalue weighted by Gasteiger charge is -2.01. The monoisotopic (exact) mass is 208 g/mol. The van der Waals surface area contributed by atoms with Crippen molar-refractivity contribution in [2.75, 3.05) is 6.61 Å². The van der Waals surface area contributed by atoms with Crippen LogP contribution in [-0.2, 0) is 9.53 Å². The van der Waals surface area contributed by atoms with E-state index in [0.29, 0.717) is 5.56 Å². The zero-order chi connectivity index (χ0) is 11.3. The molecule has 0 spiro atoms. The van der Waals surface area contributed by atoms with Gasteiger partial charge in [-0.15, -0.1) is 0 Å². The number of phenols is 1. The molecule has 0 aliphatic rings. The molecule has 0 saturated carbocycles. The third-order valence-electron chi connectivity index (χ3n) is 1.68. The molecular weight excluding hydrogens is 196 g/mol. The van der Waals surface area contributed by atoms with Gasteiger partial charge in [0, 0.05) is 5.56 Å². The van der Waals surface area contributed by atoms with Gasteiger partial charge in [-0.05, 0) is 19.1 Å². The third-order valence-corrected chi connectivity index (χ3v) is 1.68. The molecule has 0 bridgehead atoms. The topological polar surface area (TPSA) is 66.8 Å². The van der Waals surface area contributed by atoms with Gasteiger partial charge in [0.1, 0.15) is 11.5 Å². The molecular formula is C11H12O4. The van der Waals surface area contributed by atoms with E-state index in [2.05, 4.69) is 4.74 Å². The summed E-state index contributed by atoms with van der Waals surface area (Å²) in [4.78, 5) is 11.0. The summed E-state index contributed by atoms with van der Waals surface area (Å²) >= 11 is 0. The lowest BCUT2D eigenvalue weighted by Crippen LogP contribution is -2.00. The first-order valence-electron chi connectivity index (χ1n) is 4.50. The van der Waals surface area contributed by atoms with Gasteiger partial charge < -0.3 is 14.9 Å². The highest BCUT2D eigenvalue weighted by atomic mass is 16.5. The molecule has 0 saturated heterocycles. The summed E-state index contributed by atoms with van der Waals surface area (Å²) in [6.07, 6.45) is 0.971. The molecule has 1 aromatic carbocycles. The highest BCUT2D eigenvalue weighted by molar-refractivity contribution is 5.89. The average Bonchev–Trinajstić information content (AvgIpc) is 2.18. The average molecular weight is 208 g/mol. The molecule has 0 atom stereocenters. The van der Waals surface area contributed by atoms with Crippen LogP contribution in [0.1, 0.15) is 12.5 Å². The maximum Gasteiger partial charge on any atom is 0.334 e. The summed E-state index contributed by atoms with van der Waals surface area (Å²) in [6, 6.07) is 5.97. The lowest BCUT2D eigenvalue weighted by molar-refractivity contribution is -0.137. The van der Waals surface area contributed by atoms with Crippen LogP contribution >= 0.6 is 0 Å². The van der Waals surface area contributed by atoms with Crippen LogP contribution in [0.5, 0.6) is 5.75 Å². The zero-order valence-corrected chi connectivity index (χ0v) is 8.30. The molecule has 80 valence electrons. The molecule has 15 heavy (non-hydrogen) atoms. The largest absolute Gasteiger partial charge is 0.508 e. The summed E-state index contributed by atoms with van der Waals surface area (Å²) in [6.45, 7) is 1.93. The van der Waals surface area contributed by atoms with Gasteiger partial charge in [-0.25, -0.2) is 4.79 Å². The second-order valence-corrected chi connectivity index (χ2v) is 2.83. The Balaban J connectivity index is 2.84. The van der Waals surface area contributed by atoms with Gasteiger partial charge in [0.25, 0.3) is 0 Å². The summed E-state index contributed by atoms with van der Waals surface area (Å²) in [5.41, 5.74) is 0.364. The molecule has 0 amide bonds. The Morgan fingerprint density at radius 3 is 2.87 bits per heavy atom. The van der Waals surface area contributed by atoms with Crippen molar-refractivity contribution in [3.05, 3.63) is 35.9 Å². The van der Waals surface area contributed by atoms with Gasteiger partial charge in [-0.3, -0.25) is 0 Å². The number of hydrogen-bond donors (Lipinski definition) is 2. The first-order chi connectivity index (χ1) is 7.13. The van der Waals surface area contributed by atoms with Crippen molar-refractivity contribution in [1.82, 2.24) is 0 Å². The highest BCUT2D eigenvalue weighted by Gasteiger charge is 2.03. The van der Waals surface area contributed by atoms with Crippen molar-refractivity contribution in [2.24, 2.45) is 0 Å². The fourth-order valence-corrected chi connectivity index (χ4v) is 1.04. The predicted molar refractivity (Wildman–Crippen MR) is 55.3 cm³/mol. The van der Waals surface area contributed by atoms with Crippen molar-refractivity contribution in [3.8, 4) is 5.75 Å². The normalized spacial score (nSPS) is 11.1. The van der Waals surface area contributed by atoms with Crippen molar-refractivity contribution in [1.29, 1.82) is 0 Å². The molecule has 0 aliphatic carbocycles. The maximum atomic E-state index is 11.0. The zero-order valence-electron chi connectivity index (χ0n) is 8.30. The number of ether oxygens (including phenoxy) is 1. The van der Waals surface area contributed by atoms with E-state index in [4.69, 9.17) is 5.11 Å². The van der Waals surface area contributed by atoms with E-state index in [1.165, 1.54) is 12.1 Å². The minimum atomic E-state index is -0.613. The molecule has 1 aromatic rings. The number of aliphatic hydroxyl groups excluding tert-OH is 1. The molecule has 1 rings (SSSR count). The van der Waals surface area contributed by atoms with Gasteiger partial charge in [0.2, 0.25) is 0 Å². The van der Waals surface area contributed by atoms with E-state index in [-0.39, 0.29) is 18.1 Å². The molecule has 2 N–H and O–H groups in total. The standard InChI is InChI=1S/C11H12O4/c1-2-15-11(14)7-10(13)8-4-3-5-9(12)6-8/h3-7,12-13H,2H2,1H3. The minimum Gasteiger partial charge on any atom is -0.508 e. The smallest absolute Gasteiger partial charge is 0.334 e. The predicted octanol–water partition coefficient (Wildman–Crippen LogP) is 1.85. The van der Waals surface area contributed by atoms with Crippen LogP contribution in [0.3, 0.4) is 0 Å². The molecule has 0 fully saturated rings. The van der Waals surface area contributed by atoms with Crippen LogP contribution in [0, 0.1) is 0 Å². The minimum absolute atomic E-state index is 0.0244. The number of benzene rings is 1. The number of carbonyl (C=O) groups is 1. The Kier molecular flexibility index (Phi) is 3.74. The SMILES string of the molecule is CCOC(=O)C=C(O)c1cccc(O)c1. The number of rotatable bonds is 3. The molecule has 0 aliphatic heterocycles. The van der Waals surface area contributed by atoms with E-state index in [9.17, 15) is 9.90 Å². The van der Waals surface area contributed by atoms with E-state index in [0.717, 1.165) is 6.08 Å². The van der Waals surface area contributed by atoms with Crippen LogP contribution in [-0.4, -0.2) is 22.8 Å². The van der Waals surface area contributed by atoms with Crippen LogP contribution < -0.4 is 0 Å². The van der Waals surface area contributed by atoms with Crippen molar-refractivity contribution < 1.29 is 19.7 Å². The van der Waals surface area contributed by atoms with E-state index in [1.807, 2.05) is 0 Å². The van der Waals surface area contributed by atoms with Crippen LogP contribution in [0.4, 0.5) is 0 Å². The Labute approximate surface area is 87.4 Å². The Hall–Kier alpha value is -1.97. The number of phenolic OH excluding ortho intramolecular Hbond substituents is 1. The molecule has 4 heteroatoms. The summed E-state index contributed by atoms with van der Waals surface area (Å²) in [5, 5.41) is 18.6. The quantitative estimate of drug-likeness (QED) is 0.452. The Bertz CT molecular complexity index is 382. The first-order valence-corrected chi connectivity index (χ1v) is 4.50. The van der Waals surface area contributed by atoms with Gasteiger partial charge in [0.15, 0.2) is 0 Å². The molecule has 0 unspecified atom stereocenters. The van der Waals surface area contributed by atoms with Crippen LogP contribution in [0.15, 0.2) is 30.3 Å². The van der Waals surface area contributed by atoms with Gasteiger partial charge in [-0.1, -0.05) is 12.1 Å².